The van der Waals surface area contributed by atoms with Gasteiger partial charge in [-0.2, -0.15) is 0 Å². The van der Waals surface area contributed by atoms with Crippen molar-refractivity contribution in [2.24, 2.45) is 16.6 Å². The second-order valence-corrected chi connectivity index (χ2v) is 5.77. The molecule has 1 saturated heterocycles. The van der Waals surface area contributed by atoms with Crippen molar-refractivity contribution in [1.29, 1.82) is 0 Å². The van der Waals surface area contributed by atoms with Crippen LogP contribution in [-0.2, 0) is 0 Å². The standard InChI is InChI=1S/C15H27N3.HI/c1-13-8-11-18(12-9-13)15(16)17-10-7-14-5-3-2-4-6-14;/h5,13H,2-4,6-12H2,1H3,(H2,16,17);1H. The normalized spacial score (nSPS) is 21.8. The average Bonchev–Trinajstić information content (AvgIpc) is 2.40. The molecule has 0 bridgehead atoms. The molecule has 0 radical (unpaired) electrons. The van der Waals surface area contributed by atoms with Crippen LogP contribution in [0.1, 0.15) is 51.9 Å². The smallest absolute Gasteiger partial charge is 0.191 e. The number of guanidine groups is 1. The summed E-state index contributed by atoms with van der Waals surface area (Å²) in [6.45, 7) is 5.35. The molecule has 3 nitrogen and oxygen atoms in total. The lowest BCUT2D eigenvalue weighted by Crippen LogP contribution is -2.42. The van der Waals surface area contributed by atoms with Gasteiger partial charge >= 0.3 is 0 Å². The van der Waals surface area contributed by atoms with E-state index >= 15 is 0 Å². The number of likely N-dealkylation sites (tertiary alicyclic amines) is 1. The first kappa shape index (κ1) is 16.8. The van der Waals surface area contributed by atoms with Crippen molar-refractivity contribution in [3.63, 3.8) is 0 Å². The first-order chi connectivity index (χ1) is 8.75. The van der Waals surface area contributed by atoms with Crippen molar-refractivity contribution in [3.05, 3.63) is 11.6 Å². The van der Waals surface area contributed by atoms with Crippen LogP contribution < -0.4 is 5.73 Å². The molecule has 0 aromatic heterocycles. The zero-order valence-electron chi connectivity index (χ0n) is 12.1. The van der Waals surface area contributed by atoms with Gasteiger partial charge in [-0.1, -0.05) is 18.6 Å². The SMILES string of the molecule is CC1CCN(C(N)=NCCC2=CCCCC2)CC1.I. The molecule has 0 unspecified atom stereocenters. The van der Waals surface area contributed by atoms with Gasteiger partial charge < -0.3 is 10.6 Å². The number of halogens is 1. The van der Waals surface area contributed by atoms with Gasteiger partial charge in [0, 0.05) is 19.6 Å². The van der Waals surface area contributed by atoms with E-state index in [-0.39, 0.29) is 24.0 Å². The quantitative estimate of drug-likeness (QED) is 0.354. The van der Waals surface area contributed by atoms with Crippen LogP contribution in [0.4, 0.5) is 0 Å². The van der Waals surface area contributed by atoms with Crippen molar-refractivity contribution in [1.82, 2.24) is 4.90 Å². The second kappa shape index (κ2) is 8.82. The zero-order valence-corrected chi connectivity index (χ0v) is 14.4. The minimum atomic E-state index is 0. The van der Waals surface area contributed by atoms with Crippen LogP contribution in [0.15, 0.2) is 16.6 Å². The molecule has 0 saturated carbocycles. The van der Waals surface area contributed by atoms with Gasteiger partial charge in [0.2, 0.25) is 0 Å². The summed E-state index contributed by atoms with van der Waals surface area (Å²) in [6, 6.07) is 0. The summed E-state index contributed by atoms with van der Waals surface area (Å²) in [5.74, 6) is 1.61. The van der Waals surface area contributed by atoms with Gasteiger partial charge in [0.05, 0.1) is 0 Å². The molecule has 2 rings (SSSR count). The van der Waals surface area contributed by atoms with Gasteiger partial charge in [-0.25, -0.2) is 0 Å². The Labute approximate surface area is 134 Å². The fraction of sp³-hybridized carbons (Fsp3) is 0.800. The highest BCUT2D eigenvalue weighted by molar-refractivity contribution is 14.0. The Bertz CT molecular complexity index is 317. The Hall–Kier alpha value is -0.260. The van der Waals surface area contributed by atoms with Crippen LogP contribution >= 0.6 is 24.0 Å². The maximum atomic E-state index is 6.07. The first-order valence-electron chi connectivity index (χ1n) is 7.48. The van der Waals surface area contributed by atoms with Crippen molar-refractivity contribution >= 4 is 29.9 Å². The van der Waals surface area contributed by atoms with Crippen LogP contribution in [0.2, 0.25) is 0 Å². The second-order valence-electron chi connectivity index (χ2n) is 5.77. The van der Waals surface area contributed by atoms with Gasteiger partial charge in [-0.15, -0.1) is 24.0 Å². The lowest BCUT2D eigenvalue weighted by molar-refractivity contribution is 0.277. The predicted molar refractivity (Wildman–Crippen MR) is 93.0 cm³/mol. The highest BCUT2D eigenvalue weighted by Crippen LogP contribution is 2.20. The van der Waals surface area contributed by atoms with E-state index in [0.29, 0.717) is 0 Å². The Morgan fingerprint density at radius 3 is 2.74 bits per heavy atom. The third-order valence-electron chi connectivity index (χ3n) is 4.20. The van der Waals surface area contributed by atoms with Crippen LogP contribution in [0.3, 0.4) is 0 Å². The summed E-state index contributed by atoms with van der Waals surface area (Å²) >= 11 is 0. The molecule has 0 amide bonds. The van der Waals surface area contributed by atoms with Gasteiger partial charge in [0.1, 0.15) is 0 Å². The van der Waals surface area contributed by atoms with Gasteiger partial charge in [-0.05, 0) is 50.9 Å². The van der Waals surface area contributed by atoms with Gasteiger partial charge in [-0.3, -0.25) is 4.99 Å². The van der Waals surface area contributed by atoms with E-state index in [1.807, 2.05) is 0 Å². The Morgan fingerprint density at radius 1 is 1.37 bits per heavy atom. The third-order valence-corrected chi connectivity index (χ3v) is 4.20. The lowest BCUT2D eigenvalue weighted by atomic mass is 9.97. The molecule has 110 valence electrons. The maximum absolute atomic E-state index is 6.07. The molecule has 1 aliphatic heterocycles. The average molecular weight is 377 g/mol. The molecule has 0 spiro atoms. The minimum Gasteiger partial charge on any atom is -0.370 e. The van der Waals surface area contributed by atoms with Crippen molar-refractivity contribution in [3.8, 4) is 0 Å². The summed E-state index contributed by atoms with van der Waals surface area (Å²) in [6.07, 6.45) is 11.3. The fourth-order valence-corrected chi connectivity index (χ4v) is 2.78. The lowest BCUT2D eigenvalue weighted by Gasteiger charge is -2.31. The molecular formula is C15H28IN3. The molecule has 0 atom stereocenters. The monoisotopic (exact) mass is 377 g/mol. The van der Waals surface area contributed by atoms with E-state index in [4.69, 9.17) is 5.73 Å². The molecule has 1 heterocycles. The van der Waals surface area contributed by atoms with Crippen LogP contribution in [0, 0.1) is 5.92 Å². The van der Waals surface area contributed by atoms with Gasteiger partial charge in [0.15, 0.2) is 5.96 Å². The number of aliphatic imine (C=N–C) groups is 1. The number of allylic oxidation sites excluding steroid dienone is 1. The van der Waals surface area contributed by atoms with Crippen molar-refractivity contribution in [2.45, 2.75) is 51.9 Å². The minimum absolute atomic E-state index is 0. The van der Waals surface area contributed by atoms with Crippen molar-refractivity contribution in [2.75, 3.05) is 19.6 Å². The molecule has 19 heavy (non-hydrogen) atoms. The molecule has 2 N–H and O–H groups in total. The molecule has 0 aromatic rings. The fourth-order valence-electron chi connectivity index (χ4n) is 2.78. The van der Waals surface area contributed by atoms with Crippen LogP contribution in [0.25, 0.3) is 0 Å². The Morgan fingerprint density at radius 2 is 2.11 bits per heavy atom. The van der Waals surface area contributed by atoms with Gasteiger partial charge in [0.25, 0.3) is 0 Å². The summed E-state index contributed by atoms with van der Waals surface area (Å²) in [7, 11) is 0. The topological polar surface area (TPSA) is 41.6 Å². The maximum Gasteiger partial charge on any atom is 0.191 e. The molecule has 4 heteroatoms. The number of rotatable bonds is 3. The number of nitrogens with zero attached hydrogens (tertiary/aromatic N) is 2. The molecular weight excluding hydrogens is 349 g/mol. The Balaban J connectivity index is 0.00000180. The van der Waals surface area contributed by atoms with Crippen LogP contribution in [0.5, 0.6) is 0 Å². The Kier molecular flexibility index (Phi) is 7.80. The van der Waals surface area contributed by atoms with E-state index in [1.165, 1.54) is 38.5 Å². The van der Waals surface area contributed by atoms with E-state index in [0.717, 1.165) is 37.9 Å². The summed E-state index contributed by atoms with van der Waals surface area (Å²) in [5.41, 5.74) is 7.65. The highest BCUT2D eigenvalue weighted by atomic mass is 127. The number of nitrogens with two attached hydrogens (primary N) is 1. The van der Waals surface area contributed by atoms with E-state index in [1.54, 1.807) is 5.57 Å². The first-order valence-corrected chi connectivity index (χ1v) is 7.48. The largest absolute Gasteiger partial charge is 0.370 e. The summed E-state index contributed by atoms with van der Waals surface area (Å²) in [4.78, 5) is 6.79. The summed E-state index contributed by atoms with van der Waals surface area (Å²) in [5, 5.41) is 0. The highest BCUT2D eigenvalue weighted by Gasteiger charge is 2.16. The molecule has 0 aromatic carbocycles. The number of piperidine rings is 1. The molecule has 2 aliphatic rings. The van der Waals surface area contributed by atoms with E-state index < -0.39 is 0 Å². The summed E-state index contributed by atoms with van der Waals surface area (Å²) < 4.78 is 0. The molecule has 1 fully saturated rings. The van der Waals surface area contributed by atoms with Crippen LogP contribution in [-0.4, -0.2) is 30.5 Å². The van der Waals surface area contributed by atoms with E-state index in [2.05, 4.69) is 22.9 Å². The van der Waals surface area contributed by atoms with Crippen molar-refractivity contribution < 1.29 is 0 Å². The molecule has 1 aliphatic carbocycles. The zero-order chi connectivity index (χ0) is 12.8. The third kappa shape index (κ3) is 5.71. The number of hydrogen-bond donors (Lipinski definition) is 1. The van der Waals surface area contributed by atoms with E-state index in [9.17, 15) is 0 Å². The number of hydrogen-bond acceptors (Lipinski definition) is 1. The predicted octanol–water partition coefficient (Wildman–Crippen LogP) is 3.54.